The number of hydrogen-bond donors (Lipinski definition) is 1. The zero-order valence-electron chi connectivity index (χ0n) is 21.3. The van der Waals surface area contributed by atoms with Crippen LogP contribution in [0.5, 0.6) is 0 Å². The van der Waals surface area contributed by atoms with E-state index in [1.807, 2.05) is 13.0 Å². The number of hydrogen-bond acceptors (Lipinski definition) is 4. The predicted octanol–water partition coefficient (Wildman–Crippen LogP) is 3.90. The molecule has 0 unspecified atom stereocenters. The Balaban J connectivity index is 2.05. The van der Waals surface area contributed by atoms with Gasteiger partial charge < -0.3 is 10.2 Å². The molecule has 0 heterocycles. The molecule has 1 atom stereocenters. The van der Waals surface area contributed by atoms with Crippen LogP contribution < -0.4 is 9.62 Å². The van der Waals surface area contributed by atoms with Crippen LogP contribution in [0.15, 0.2) is 78.9 Å². The fourth-order valence-electron chi connectivity index (χ4n) is 3.98. The monoisotopic (exact) mass is 543 g/mol. The van der Waals surface area contributed by atoms with Crippen LogP contribution in [0.1, 0.15) is 24.5 Å². The molecule has 0 saturated carbocycles. The van der Waals surface area contributed by atoms with E-state index in [2.05, 4.69) is 5.32 Å². The van der Waals surface area contributed by atoms with Crippen LogP contribution in [-0.4, -0.2) is 50.5 Å². The van der Waals surface area contributed by atoms with E-state index in [4.69, 9.17) is 0 Å². The molecule has 3 aromatic rings. The number of rotatable bonds is 12. The summed E-state index contributed by atoms with van der Waals surface area (Å²) in [5.74, 6) is -2.43. The largest absolute Gasteiger partial charge is 0.354 e. The van der Waals surface area contributed by atoms with Gasteiger partial charge in [-0.1, -0.05) is 61.5 Å². The summed E-state index contributed by atoms with van der Waals surface area (Å²) in [7, 11) is -4.02. The zero-order chi connectivity index (χ0) is 27.7. The molecule has 38 heavy (non-hydrogen) atoms. The Kier molecular flexibility index (Phi) is 9.95. The Labute approximate surface area is 222 Å². The van der Waals surface area contributed by atoms with Gasteiger partial charge in [0.15, 0.2) is 0 Å². The maximum Gasteiger partial charge on any atom is 0.244 e. The van der Waals surface area contributed by atoms with Crippen LogP contribution in [0.25, 0.3) is 0 Å². The van der Waals surface area contributed by atoms with Gasteiger partial charge >= 0.3 is 0 Å². The van der Waals surface area contributed by atoms with Crippen molar-refractivity contribution < 1.29 is 26.8 Å². The van der Waals surface area contributed by atoms with Gasteiger partial charge in [-0.2, -0.15) is 0 Å². The molecule has 0 aliphatic carbocycles. The molecule has 202 valence electrons. The average Bonchev–Trinajstić information content (AvgIpc) is 2.88. The van der Waals surface area contributed by atoms with Gasteiger partial charge in [-0.05, 0) is 36.2 Å². The third kappa shape index (κ3) is 7.85. The van der Waals surface area contributed by atoms with Crippen LogP contribution in [0.4, 0.5) is 14.5 Å². The van der Waals surface area contributed by atoms with Gasteiger partial charge in [-0.25, -0.2) is 17.2 Å². The summed E-state index contributed by atoms with van der Waals surface area (Å²) < 4.78 is 54.7. The Morgan fingerprint density at radius 3 is 2.26 bits per heavy atom. The molecule has 3 rings (SSSR count). The van der Waals surface area contributed by atoms with Crippen LogP contribution in [0.2, 0.25) is 0 Å². The van der Waals surface area contributed by atoms with Crippen molar-refractivity contribution in [2.45, 2.75) is 32.4 Å². The fraction of sp³-hybridized carbons (Fsp3) is 0.286. The number of sulfonamides is 1. The summed E-state index contributed by atoms with van der Waals surface area (Å²) in [4.78, 5) is 28.3. The minimum Gasteiger partial charge on any atom is -0.354 e. The molecule has 0 aliphatic heterocycles. The summed E-state index contributed by atoms with van der Waals surface area (Å²) in [5.41, 5.74) is 0.890. The van der Waals surface area contributed by atoms with E-state index in [9.17, 15) is 26.8 Å². The SMILES string of the molecule is CCCNC(=O)[C@@H](Cc1ccccc1)N(Cc1ccccc1F)C(=O)CN(c1cccc(F)c1)S(C)(=O)=O. The van der Waals surface area contributed by atoms with Crippen molar-refractivity contribution in [3.05, 3.63) is 102 Å². The molecule has 10 heteroatoms. The molecule has 0 aromatic heterocycles. The molecule has 0 aliphatic rings. The van der Waals surface area contributed by atoms with E-state index < -0.39 is 46.1 Å². The topological polar surface area (TPSA) is 86.8 Å². The van der Waals surface area contributed by atoms with Crippen molar-refractivity contribution >= 4 is 27.5 Å². The lowest BCUT2D eigenvalue weighted by molar-refractivity contribution is -0.140. The first-order valence-corrected chi connectivity index (χ1v) is 14.0. The first kappa shape index (κ1) is 28.8. The van der Waals surface area contributed by atoms with Crippen LogP contribution in [0, 0.1) is 11.6 Å². The van der Waals surface area contributed by atoms with Gasteiger partial charge in [0.25, 0.3) is 0 Å². The summed E-state index contributed by atoms with van der Waals surface area (Å²) in [6.45, 7) is 1.27. The van der Waals surface area contributed by atoms with E-state index >= 15 is 0 Å². The van der Waals surface area contributed by atoms with Crippen molar-refractivity contribution in [3.63, 3.8) is 0 Å². The van der Waals surface area contributed by atoms with Crippen molar-refractivity contribution in [1.29, 1.82) is 0 Å². The second kappa shape index (κ2) is 13.1. The second-order valence-electron chi connectivity index (χ2n) is 8.86. The number of halogens is 2. The van der Waals surface area contributed by atoms with Gasteiger partial charge in [0.1, 0.15) is 24.2 Å². The molecule has 0 bridgehead atoms. The standard InChI is InChI=1S/C28H31F2N3O4S/c1-3-16-31-28(35)26(17-21-10-5-4-6-11-21)32(19-22-12-7-8-15-25(22)30)27(34)20-33(38(2,36)37)24-14-9-13-23(29)18-24/h4-15,18,26H,3,16-17,19-20H2,1-2H3,(H,31,35)/t26-/m1/s1. The van der Waals surface area contributed by atoms with E-state index in [-0.39, 0.29) is 24.2 Å². The molecule has 2 amide bonds. The number of amides is 2. The van der Waals surface area contributed by atoms with E-state index in [0.717, 1.165) is 28.3 Å². The lowest BCUT2D eigenvalue weighted by Crippen LogP contribution is -2.53. The number of nitrogens with one attached hydrogen (secondary N) is 1. The summed E-state index contributed by atoms with van der Waals surface area (Å²) >= 11 is 0. The fourth-order valence-corrected chi connectivity index (χ4v) is 4.82. The molecule has 3 aromatic carbocycles. The Bertz CT molecular complexity index is 1350. The highest BCUT2D eigenvalue weighted by Crippen LogP contribution is 2.21. The second-order valence-corrected chi connectivity index (χ2v) is 10.8. The minimum atomic E-state index is -4.02. The Morgan fingerprint density at radius 1 is 0.947 bits per heavy atom. The molecule has 7 nitrogen and oxygen atoms in total. The maximum absolute atomic E-state index is 14.7. The summed E-state index contributed by atoms with van der Waals surface area (Å²) in [6.07, 6.45) is 1.68. The quantitative estimate of drug-likeness (QED) is 0.376. The smallest absolute Gasteiger partial charge is 0.244 e. The van der Waals surface area contributed by atoms with Gasteiger partial charge in [-0.15, -0.1) is 0 Å². The molecule has 0 radical (unpaired) electrons. The van der Waals surface area contributed by atoms with Crippen molar-refractivity contribution in [1.82, 2.24) is 10.2 Å². The van der Waals surface area contributed by atoms with E-state index in [1.165, 1.54) is 35.2 Å². The highest BCUT2D eigenvalue weighted by Gasteiger charge is 2.33. The third-order valence-electron chi connectivity index (χ3n) is 5.89. The molecule has 0 saturated heterocycles. The molecule has 0 spiro atoms. The van der Waals surface area contributed by atoms with E-state index in [0.29, 0.717) is 13.0 Å². The van der Waals surface area contributed by atoms with Gasteiger partial charge in [0.05, 0.1) is 11.9 Å². The molecular formula is C28H31F2N3O4S. The van der Waals surface area contributed by atoms with Crippen LogP contribution in [0.3, 0.4) is 0 Å². The highest BCUT2D eigenvalue weighted by atomic mass is 32.2. The third-order valence-corrected chi connectivity index (χ3v) is 7.03. The maximum atomic E-state index is 14.7. The lowest BCUT2D eigenvalue weighted by atomic mass is 10.0. The summed E-state index contributed by atoms with van der Waals surface area (Å²) in [6, 6.07) is 18.7. The normalized spacial score (nSPS) is 12.0. The Morgan fingerprint density at radius 2 is 1.63 bits per heavy atom. The van der Waals surface area contributed by atoms with Crippen molar-refractivity contribution in [2.75, 3.05) is 23.7 Å². The first-order chi connectivity index (χ1) is 18.1. The van der Waals surface area contributed by atoms with Gasteiger partial charge in [0.2, 0.25) is 21.8 Å². The predicted molar refractivity (Wildman–Crippen MR) is 143 cm³/mol. The van der Waals surface area contributed by atoms with Crippen molar-refractivity contribution in [2.24, 2.45) is 0 Å². The minimum absolute atomic E-state index is 0.0401. The number of carbonyl (C=O) groups is 2. The highest BCUT2D eigenvalue weighted by molar-refractivity contribution is 7.92. The van der Waals surface area contributed by atoms with Gasteiger partial charge in [-0.3, -0.25) is 13.9 Å². The number of benzene rings is 3. The average molecular weight is 544 g/mol. The molecule has 1 N–H and O–H groups in total. The van der Waals surface area contributed by atoms with E-state index in [1.54, 1.807) is 30.3 Å². The Hall–Kier alpha value is -3.79. The van der Waals surface area contributed by atoms with Crippen LogP contribution in [-0.2, 0) is 32.6 Å². The van der Waals surface area contributed by atoms with Crippen LogP contribution >= 0.6 is 0 Å². The summed E-state index contributed by atoms with van der Waals surface area (Å²) in [5, 5.41) is 2.80. The lowest BCUT2D eigenvalue weighted by Gasteiger charge is -2.33. The molecular weight excluding hydrogens is 512 g/mol. The van der Waals surface area contributed by atoms with Crippen molar-refractivity contribution in [3.8, 4) is 0 Å². The number of anilines is 1. The number of nitrogens with zero attached hydrogens (tertiary/aromatic N) is 2. The first-order valence-electron chi connectivity index (χ1n) is 12.2. The number of carbonyl (C=O) groups excluding carboxylic acids is 2. The molecule has 0 fully saturated rings. The zero-order valence-corrected chi connectivity index (χ0v) is 22.1. The van der Waals surface area contributed by atoms with Gasteiger partial charge in [0, 0.05) is 25.1 Å².